The van der Waals surface area contributed by atoms with Gasteiger partial charge >= 0.3 is 5.97 Å². The molecule has 3 nitrogen and oxygen atoms in total. The lowest BCUT2D eigenvalue weighted by atomic mass is 9.91. The molecule has 0 aliphatic carbocycles. The van der Waals surface area contributed by atoms with Crippen molar-refractivity contribution in [2.24, 2.45) is 5.92 Å². The normalized spacial score (nSPS) is 23.4. The highest BCUT2D eigenvalue weighted by Gasteiger charge is 2.33. The summed E-state index contributed by atoms with van der Waals surface area (Å²) in [6.45, 7) is 3.36. The second-order valence-electron chi connectivity index (χ2n) is 5.04. The lowest BCUT2D eigenvalue weighted by Crippen LogP contribution is -2.49. The number of aliphatic carboxylic acids is 1. The molecule has 2 rings (SSSR count). The Labute approximate surface area is 114 Å². The van der Waals surface area contributed by atoms with Gasteiger partial charge in [-0.15, -0.1) is 0 Å². The molecular weight excluding hydrogens is 238 g/mol. The fourth-order valence-electron chi connectivity index (χ4n) is 2.61. The SMILES string of the molecule is CC1CCCN(CC#Cc2ccccc2)C1C(=O)O. The Balaban J connectivity index is 2.01. The minimum absolute atomic E-state index is 0.199. The molecule has 0 bridgehead atoms. The van der Waals surface area contributed by atoms with Crippen LogP contribution in [0.15, 0.2) is 30.3 Å². The molecule has 0 saturated carbocycles. The first-order chi connectivity index (χ1) is 9.18. The summed E-state index contributed by atoms with van der Waals surface area (Å²) in [4.78, 5) is 13.3. The third-order valence-electron chi connectivity index (χ3n) is 3.58. The molecule has 1 N–H and O–H groups in total. The molecule has 1 aromatic carbocycles. The van der Waals surface area contributed by atoms with E-state index in [4.69, 9.17) is 0 Å². The van der Waals surface area contributed by atoms with Gasteiger partial charge in [0.15, 0.2) is 0 Å². The summed E-state index contributed by atoms with van der Waals surface area (Å²) >= 11 is 0. The minimum atomic E-state index is -0.728. The zero-order valence-corrected chi connectivity index (χ0v) is 11.2. The van der Waals surface area contributed by atoms with Gasteiger partial charge in [0.2, 0.25) is 0 Å². The molecule has 19 heavy (non-hydrogen) atoms. The van der Waals surface area contributed by atoms with Gasteiger partial charge in [-0.25, -0.2) is 0 Å². The first-order valence-electron chi connectivity index (χ1n) is 6.69. The van der Waals surface area contributed by atoms with Crippen LogP contribution in [0.5, 0.6) is 0 Å². The Hall–Kier alpha value is -1.79. The molecule has 1 aromatic rings. The Morgan fingerprint density at radius 3 is 2.84 bits per heavy atom. The molecule has 0 amide bonds. The number of carbonyl (C=O) groups is 1. The van der Waals surface area contributed by atoms with Crippen LogP contribution in [0.2, 0.25) is 0 Å². The smallest absolute Gasteiger partial charge is 0.321 e. The standard InChI is InChI=1S/C16H19NO2/c1-13-7-5-11-17(15(13)16(18)19)12-6-10-14-8-3-2-4-9-14/h2-4,8-9,13,15H,5,7,11-12H2,1H3,(H,18,19). The van der Waals surface area contributed by atoms with Gasteiger partial charge in [0.25, 0.3) is 0 Å². The average molecular weight is 257 g/mol. The number of carboxylic acid groups (broad SMARTS) is 1. The Morgan fingerprint density at radius 2 is 2.16 bits per heavy atom. The van der Waals surface area contributed by atoms with Crippen molar-refractivity contribution >= 4 is 5.97 Å². The van der Waals surface area contributed by atoms with Crippen molar-refractivity contribution in [2.45, 2.75) is 25.8 Å². The highest BCUT2D eigenvalue weighted by Crippen LogP contribution is 2.22. The summed E-state index contributed by atoms with van der Waals surface area (Å²) in [6.07, 6.45) is 2.04. The summed E-state index contributed by atoms with van der Waals surface area (Å²) in [7, 11) is 0. The Kier molecular flexibility index (Phi) is 4.59. The van der Waals surface area contributed by atoms with Crippen molar-refractivity contribution in [3.05, 3.63) is 35.9 Å². The van der Waals surface area contributed by atoms with E-state index in [0.717, 1.165) is 24.9 Å². The van der Waals surface area contributed by atoms with Crippen molar-refractivity contribution in [3.63, 3.8) is 0 Å². The van der Waals surface area contributed by atoms with Gasteiger partial charge in [-0.05, 0) is 37.4 Å². The van der Waals surface area contributed by atoms with Crippen LogP contribution >= 0.6 is 0 Å². The first-order valence-corrected chi connectivity index (χ1v) is 6.69. The molecule has 2 unspecified atom stereocenters. The van der Waals surface area contributed by atoms with E-state index in [1.54, 1.807) is 0 Å². The van der Waals surface area contributed by atoms with Crippen LogP contribution < -0.4 is 0 Å². The number of carboxylic acids is 1. The van der Waals surface area contributed by atoms with Crippen molar-refractivity contribution < 1.29 is 9.90 Å². The molecule has 2 atom stereocenters. The third-order valence-corrected chi connectivity index (χ3v) is 3.58. The van der Waals surface area contributed by atoms with E-state index in [9.17, 15) is 9.90 Å². The zero-order valence-electron chi connectivity index (χ0n) is 11.2. The second kappa shape index (κ2) is 6.40. The molecule has 0 radical (unpaired) electrons. The summed E-state index contributed by atoms with van der Waals surface area (Å²) in [5.74, 6) is 5.64. The molecule has 1 aliphatic heterocycles. The number of rotatable bonds is 2. The van der Waals surface area contributed by atoms with Crippen molar-refractivity contribution in [2.75, 3.05) is 13.1 Å². The number of hydrogen-bond acceptors (Lipinski definition) is 2. The Bertz CT molecular complexity index is 486. The van der Waals surface area contributed by atoms with E-state index in [2.05, 4.69) is 11.8 Å². The summed E-state index contributed by atoms with van der Waals surface area (Å²) in [5.41, 5.74) is 0.972. The third kappa shape index (κ3) is 3.59. The van der Waals surface area contributed by atoms with Crippen LogP contribution in [0.25, 0.3) is 0 Å². The van der Waals surface area contributed by atoms with Crippen LogP contribution in [-0.4, -0.2) is 35.1 Å². The monoisotopic (exact) mass is 257 g/mol. The second-order valence-corrected chi connectivity index (χ2v) is 5.04. The van der Waals surface area contributed by atoms with Crippen molar-refractivity contribution in [1.29, 1.82) is 0 Å². The Morgan fingerprint density at radius 1 is 1.42 bits per heavy atom. The van der Waals surface area contributed by atoms with Gasteiger partial charge < -0.3 is 5.11 Å². The largest absolute Gasteiger partial charge is 0.480 e. The summed E-state index contributed by atoms with van der Waals surface area (Å²) < 4.78 is 0. The van der Waals surface area contributed by atoms with Gasteiger partial charge in [-0.2, -0.15) is 0 Å². The number of likely N-dealkylation sites (tertiary alicyclic amines) is 1. The lowest BCUT2D eigenvalue weighted by Gasteiger charge is -2.35. The van der Waals surface area contributed by atoms with Gasteiger partial charge in [-0.3, -0.25) is 9.69 Å². The molecule has 1 aliphatic rings. The van der Waals surface area contributed by atoms with E-state index >= 15 is 0 Å². The molecule has 100 valence electrons. The van der Waals surface area contributed by atoms with E-state index in [-0.39, 0.29) is 12.0 Å². The van der Waals surface area contributed by atoms with Gasteiger partial charge in [0.05, 0.1) is 6.54 Å². The predicted molar refractivity (Wildman–Crippen MR) is 74.7 cm³/mol. The predicted octanol–water partition coefficient (Wildman–Crippen LogP) is 2.22. The highest BCUT2D eigenvalue weighted by molar-refractivity contribution is 5.74. The molecule has 0 aromatic heterocycles. The van der Waals surface area contributed by atoms with Crippen LogP contribution in [-0.2, 0) is 4.79 Å². The van der Waals surface area contributed by atoms with Crippen molar-refractivity contribution in [1.82, 2.24) is 4.90 Å². The maximum Gasteiger partial charge on any atom is 0.321 e. The molecular formula is C16H19NO2. The van der Waals surface area contributed by atoms with E-state index < -0.39 is 5.97 Å². The summed E-state index contributed by atoms with van der Waals surface area (Å²) in [6, 6.07) is 9.39. The van der Waals surface area contributed by atoms with Crippen LogP contribution in [0.4, 0.5) is 0 Å². The van der Waals surface area contributed by atoms with E-state index in [0.29, 0.717) is 6.54 Å². The van der Waals surface area contributed by atoms with Gasteiger partial charge in [0, 0.05) is 5.56 Å². The molecule has 0 spiro atoms. The average Bonchev–Trinajstić information content (AvgIpc) is 2.39. The van der Waals surface area contributed by atoms with Crippen LogP contribution in [0, 0.1) is 17.8 Å². The molecule has 1 heterocycles. The van der Waals surface area contributed by atoms with Gasteiger partial charge in [-0.1, -0.05) is 37.0 Å². The van der Waals surface area contributed by atoms with Crippen LogP contribution in [0.1, 0.15) is 25.3 Å². The fraction of sp³-hybridized carbons (Fsp3) is 0.438. The van der Waals surface area contributed by atoms with Crippen molar-refractivity contribution in [3.8, 4) is 11.8 Å². The number of nitrogens with zero attached hydrogens (tertiary/aromatic N) is 1. The number of benzene rings is 1. The zero-order chi connectivity index (χ0) is 13.7. The van der Waals surface area contributed by atoms with E-state index in [1.165, 1.54) is 0 Å². The fourth-order valence-corrected chi connectivity index (χ4v) is 2.61. The molecule has 1 saturated heterocycles. The first kappa shape index (κ1) is 13.6. The quantitative estimate of drug-likeness (QED) is 0.826. The highest BCUT2D eigenvalue weighted by atomic mass is 16.4. The molecule has 3 heteroatoms. The minimum Gasteiger partial charge on any atom is -0.480 e. The number of piperidine rings is 1. The van der Waals surface area contributed by atoms with Crippen LogP contribution in [0.3, 0.4) is 0 Å². The topological polar surface area (TPSA) is 40.5 Å². The maximum absolute atomic E-state index is 11.3. The maximum atomic E-state index is 11.3. The lowest BCUT2D eigenvalue weighted by molar-refractivity contribution is -0.146. The molecule has 1 fully saturated rings. The summed E-state index contributed by atoms with van der Waals surface area (Å²) in [5, 5.41) is 9.31. The van der Waals surface area contributed by atoms with E-state index in [1.807, 2.05) is 42.2 Å². The number of hydrogen-bond donors (Lipinski definition) is 1. The van der Waals surface area contributed by atoms with Gasteiger partial charge in [0.1, 0.15) is 6.04 Å².